The molecule has 1 atom stereocenters. The average molecular weight is 302 g/mol. The van der Waals surface area contributed by atoms with Crippen LogP contribution >= 0.6 is 0 Å². The van der Waals surface area contributed by atoms with Crippen molar-refractivity contribution in [2.75, 3.05) is 25.9 Å². The van der Waals surface area contributed by atoms with Gasteiger partial charge in [-0.25, -0.2) is 0 Å². The van der Waals surface area contributed by atoms with Crippen molar-refractivity contribution in [3.05, 3.63) is 23.8 Å². The van der Waals surface area contributed by atoms with Crippen LogP contribution in [0.25, 0.3) is 0 Å². The Bertz CT molecular complexity index is 476. The van der Waals surface area contributed by atoms with Crippen molar-refractivity contribution < 1.29 is 17.9 Å². The van der Waals surface area contributed by atoms with Crippen LogP contribution in [0.3, 0.4) is 0 Å². The molecule has 0 radical (unpaired) electrons. The molecule has 21 heavy (non-hydrogen) atoms. The number of nitrogens with zero attached hydrogens (tertiary/aromatic N) is 1. The monoisotopic (exact) mass is 302 g/mol. The first-order valence-electron chi connectivity index (χ1n) is 7.17. The summed E-state index contributed by atoms with van der Waals surface area (Å²) in [6.45, 7) is 1.32. The first-order chi connectivity index (χ1) is 9.88. The van der Waals surface area contributed by atoms with E-state index in [0.29, 0.717) is 6.04 Å². The van der Waals surface area contributed by atoms with Crippen molar-refractivity contribution >= 4 is 5.69 Å². The molecular formula is C15H21F3N2O. The predicted molar refractivity (Wildman–Crippen MR) is 76.2 cm³/mol. The van der Waals surface area contributed by atoms with Gasteiger partial charge >= 0.3 is 6.18 Å². The van der Waals surface area contributed by atoms with Crippen molar-refractivity contribution in [2.24, 2.45) is 0 Å². The summed E-state index contributed by atoms with van der Waals surface area (Å²) < 4.78 is 44.2. The number of halogens is 3. The molecule has 0 aromatic heterocycles. The first-order valence-corrected chi connectivity index (χ1v) is 7.17. The van der Waals surface area contributed by atoms with Gasteiger partial charge in [-0.15, -0.1) is 0 Å². The van der Waals surface area contributed by atoms with Crippen molar-refractivity contribution in [1.82, 2.24) is 4.90 Å². The van der Waals surface area contributed by atoms with Crippen LogP contribution in [0.1, 0.15) is 31.2 Å². The van der Waals surface area contributed by atoms with E-state index in [9.17, 15) is 13.2 Å². The summed E-state index contributed by atoms with van der Waals surface area (Å²) in [4.78, 5) is 2.25. The van der Waals surface area contributed by atoms with Crippen molar-refractivity contribution in [3.8, 4) is 5.75 Å². The van der Waals surface area contributed by atoms with E-state index in [1.165, 1.54) is 25.0 Å². The Kier molecular flexibility index (Phi) is 4.98. The maximum Gasteiger partial charge on any atom is 0.420 e. The minimum Gasteiger partial charge on any atom is -0.493 e. The number of ether oxygens (including phenoxy) is 1. The molecular weight excluding hydrogens is 281 g/mol. The number of hydrogen-bond donors (Lipinski definition) is 1. The molecule has 0 bridgehead atoms. The summed E-state index contributed by atoms with van der Waals surface area (Å²) in [5.41, 5.74) is 4.70. The highest BCUT2D eigenvalue weighted by Gasteiger charge is 2.34. The normalized spacial score (nSPS) is 20.5. The summed E-state index contributed by atoms with van der Waals surface area (Å²) in [5, 5.41) is 0. The topological polar surface area (TPSA) is 38.5 Å². The van der Waals surface area contributed by atoms with Gasteiger partial charge in [0.2, 0.25) is 0 Å². The lowest BCUT2D eigenvalue weighted by Crippen LogP contribution is -2.37. The van der Waals surface area contributed by atoms with Crippen LogP contribution < -0.4 is 10.5 Å². The maximum absolute atomic E-state index is 12.9. The predicted octanol–water partition coefficient (Wildman–Crippen LogP) is 3.54. The molecule has 0 amide bonds. The second-order valence-electron chi connectivity index (χ2n) is 5.52. The number of hydrogen-bond acceptors (Lipinski definition) is 3. The molecule has 1 aromatic rings. The third-order valence-corrected chi connectivity index (χ3v) is 3.94. The van der Waals surface area contributed by atoms with Gasteiger partial charge in [0.15, 0.2) is 0 Å². The highest BCUT2D eigenvalue weighted by molar-refractivity contribution is 5.49. The molecule has 0 saturated carbocycles. The molecule has 6 heteroatoms. The summed E-state index contributed by atoms with van der Waals surface area (Å²) >= 11 is 0. The van der Waals surface area contributed by atoms with Gasteiger partial charge < -0.3 is 15.4 Å². The highest BCUT2D eigenvalue weighted by atomic mass is 19.4. The van der Waals surface area contributed by atoms with E-state index >= 15 is 0 Å². The third kappa shape index (κ3) is 4.27. The smallest absolute Gasteiger partial charge is 0.420 e. The molecule has 1 unspecified atom stereocenters. The van der Waals surface area contributed by atoms with Gasteiger partial charge in [-0.3, -0.25) is 0 Å². The van der Waals surface area contributed by atoms with Gasteiger partial charge in [-0.05, 0) is 51.1 Å². The van der Waals surface area contributed by atoms with Crippen molar-refractivity contribution in [2.45, 2.75) is 37.9 Å². The molecule has 3 nitrogen and oxygen atoms in total. The number of likely N-dealkylation sites (tertiary alicyclic amines) is 1. The zero-order valence-corrected chi connectivity index (χ0v) is 12.1. The second-order valence-corrected chi connectivity index (χ2v) is 5.52. The fourth-order valence-corrected chi connectivity index (χ4v) is 2.71. The molecule has 1 saturated heterocycles. The second kappa shape index (κ2) is 6.56. The quantitative estimate of drug-likeness (QED) is 0.865. The summed E-state index contributed by atoms with van der Waals surface area (Å²) in [6.07, 6.45) is -0.285. The lowest BCUT2D eigenvalue weighted by molar-refractivity contribution is -0.138. The first kappa shape index (κ1) is 15.9. The van der Waals surface area contributed by atoms with E-state index in [-0.39, 0.29) is 18.0 Å². The maximum atomic E-state index is 12.9. The van der Waals surface area contributed by atoms with Gasteiger partial charge in [-0.2, -0.15) is 13.2 Å². The molecule has 1 aliphatic rings. The minimum absolute atomic E-state index is 0.0849. The molecule has 2 rings (SSSR count). The van der Waals surface area contributed by atoms with Gasteiger partial charge in [-0.1, -0.05) is 6.42 Å². The molecule has 1 heterocycles. The van der Waals surface area contributed by atoms with E-state index in [2.05, 4.69) is 4.90 Å². The number of rotatable bonds is 4. The number of nitrogens with two attached hydrogens (primary N) is 1. The lowest BCUT2D eigenvalue weighted by atomic mass is 10.0. The van der Waals surface area contributed by atoms with E-state index in [0.717, 1.165) is 25.5 Å². The number of anilines is 1. The third-order valence-electron chi connectivity index (χ3n) is 3.94. The van der Waals surface area contributed by atoms with Crippen LogP contribution in [0.15, 0.2) is 18.2 Å². The number of benzene rings is 1. The van der Waals surface area contributed by atoms with Crippen LogP contribution in [0, 0.1) is 0 Å². The lowest BCUT2D eigenvalue weighted by Gasteiger charge is -2.32. The van der Waals surface area contributed by atoms with Crippen LogP contribution in [0.5, 0.6) is 5.75 Å². The number of nitrogen functional groups attached to an aromatic ring is 1. The SMILES string of the molecule is CN1CCCCC1CCOc1ccc(N)cc1C(F)(F)F. The van der Waals surface area contributed by atoms with Crippen LogP contribution in [0.4, 0.5) is 18.9 Å². The van der Waals surface area contributed by atoms with E-state index < -0.39 is 11.7 Å². The largest absolute Gasteiger partial charge is 0.493 e. The van der Waals surface area contributed by atoms with Gasteiger partial charge in [0.1, 0.15) is 5.75 Å². The Morgan fingerprint density at radius 1 is 1.33 bits per heavy atom. The minimum atomic E-state index is -4.45. The molecule has 2 N–H and O–H groups in total. The van der Waals surface area contributed by atoms with Crippen LogP contribution in [-0.4, -0.2) is 31.1 Å². The van der Waals surface area contributed by atoms with E-state index in [4.69, 9.17) is 10.5 Å². The Morgan fingerprint density at radius 2 is 2.10 bits per heavy atom. The zero-order chi connectivity index (χ0) is 15.5. The van der Waals surface area contributed by atoms with E-state index in [1.54, 1.807) is 0 Å². The molecule has 1 aromatic carbocycles. The number of alkyl halides is 3. The van der Waals surface area contributed by atoms with Gasteiger partial charge in [0.05, 0.1) is 12.2 Å². The fraction of sp³-hybridized carbons (Fsp3) is 0.600. The summed E-state index contributed by atoms with van der Waals surface area (Å²) in [5.74, 6) is -0.143. The van der Waals surface area contributed by atoms with Crippen LogP contribution in [0.2, 0.25) is 0 Å². The zero-order valence-electron chi connectivity index (χ0n) is 12.1. The summed E-state index contributed by atoms with van der Waals surface area (Å²) in [6, 6.07) is 4.03. The standard InChI is InChI=1S/C15H21F3N2O/c1-20-8-3-2-4-12(20)7-9-21-14-6-5-11(19)10-13(14)15(16,17)18/h5-6,10,12H,2-4,7-9,19H2,1H3. The van der Waals surface area contributed by atoms with E-state index in [1.807, 2.05) is 7.05 Å². The molecule has 0 aliphatic carbocycles. The van der Waals surface area contributed by atoms with Crippen LogP contribution in [-0.2, 0) is 6.18 Å². The Hall–Kier alpha value is -1.43. The Labute approximate surface area is 122 Å². The Balaban J connectivity index is 1.97. The Morgan fingerprint density at radius 3 is 2.76 bits per heavy atom. The average Bonchev–Trinajstić information content (AvgIpc) is 2.41. The molecule has 1 aliphatic heterocycles. The van der Waals surface area contributed by atoms with Gasteiger partial charge in [0.25, 0.3) is 0 Å². The molecule has 1 fully saturated rings. The van der Waals surface area contributed by atoms with Crippen molar-refractivity contribution in [3.63, 3.8) is 0 Å². The van der Waals surface area contributed by atoms with Crippen molar-refractivity contribution in [1.29, 1.82) is 0 Å². The number of piperidine rings is 1. The molecule has 0 spiro atoms. The fourth-order valence-electron chi connectivity index (χ4n) is 2.71. The van der Waals surface area contributed by atoms with Gasteiger partial charge in [0, 0.05) is 11.7 Å². The molecule has 118 valence electrons. The summed E-state index contributed by atoms with van der Waals surface area (Å²) in [7, 11) is 2.05. The highest BCUT2D eigenvalue weighted by Crippen LogP contribution is 2.37.